The van der Waals surface area contributed by atoms with Gasteiger partial charge in [-0.2, -0.15) is 9.57 Å². The average molecular weight is 293 g/mol. The molecule has 2 N–H and O–H groups in total. The first-order chi connectivity index (χ1) is 9.41. The molecular formula is C14H19N3O2S. The Morgan fingerprint density at radius 3 is 2.65 bits per heavy atom. The number of sulfonamides is 1. The first kappa shape index (κ1) is 15.0. The van der Waals surface area contributed by atoms with Crippen LogP contribution >= 0.6 is 0 Å². The van der Waals surface area contributed by atoms with E-state index < -0.39 is 10.0 Å². The van der Waals surface area contributed by atoms with Crippen molar-refractivity contribution in [2.75, 3.05) is 13.6 Å². The number of aryl methyl sites for hydroxylation is 1. The van der Waals surface area contributed by atoms with Crippen molar-refractivity contribution in [2.24, 2.45) is 11.7 Å². The second kappa shape index (κ2) is 5.52. The number of nitrogens with zero attached hydrogens (tertiary/aromatic N) is 2. The lowest BCUT2D eigenvalue weighted by molar-refractivity contribution is 0.340. The Morgan fingerprint density at radius 2 is 2.15 bits per heavy atom. The molecule has 1 saturated carbocycles. The molecule has 1 fully saturated rings. The summed E-state index contributed by atoms with van der Waals surface area (Å²) in [5.74, 6) is 0.360. The number of benzene rings is 1. The molecule has 1 aromatic carbocycles. The van der Waals surface area contributed by atoms with Crippen LogP contribution in [0.15, 0.2) is 23.1 Å². The fourth-order valence-corrected chi connectivity index (χ4v) is 4.08. The quantitative estimate of drug-likeness (QED) is 0.884. The molecule has 2 rings (SSSR count). The molecular weight excluding hydrogens is 274 g/mol. The van der Waals surface area contributed by atoms with Crippen LogP contribution in [0.4, 0.5) is 0 Å². The van der Waals surface area contributed by atoms with E-state index in [9.17, 15) is 8.42 Å². The van der Waals surface area contributed by atoms with Gasteiger partial charge < -0.3 is 5.73 Å². The Labute approximate surface area is 120 Å². The summed E-state index contributed by atoms with van der Waals surface area (Å²) in [5, 5.41) is 8.93. The summed E-state index contributed by atoms with van der Waals surface area (Å²) in [5.41, 5.74) is 6.71. The molecule has 0 aliphatic heterocycles. The molecule has 6 heteroatoms. The molecule has 1 aliphatic carbocycles. The van der Waals surface area contributed by atoms with E-state index in [4.69, 9.17) is 11.0 Å². The Bertz CT molecular complexity index is 645. The number of nitrogens with two attached hydrogens (primary N) is 1. The number of likely N-dealkylation sites (N-methyl/N-ethyl adjacent to an activating group) is 1. The van der Waals surface area contributed by atoms with Crippen molar-refractivity contribution in [2.45, 2.75) is 30.7 Å². The molecule has 0 amide bonds. The van der Waals surface area contributed by atoms with Crippen molar-refractivity contribution < 1.29 is 8.42 Å². The van der Waals surface area contributed by atoms with E-state index in [0.29, 0.717) is 23.6 Å². The fraction of sp³-hybridized carbons (Fsp3) is 0.500. The predicted molar refractivity (Wildman–Crippen MR) is 76.4 cm³/mol. The number of nitriles is 1. The first-order valence-corrected chi connectivity index (χ1v) is 8.04. The van der Waals surface area contributed by atoms with Crippen molar-refractivity contribution in [1.29, 1.82) is 5.26 Å². The van der Waals surface area contributed by atoms with Crippen LogP contribution in [0.5, 0.6) is 0 Å². The van der Waals surface area contributed by atoms with Crippen LogP contribution < -0.4 is 5.73 Å². The lowest BCUT2D eigenvalue weighted by atomic mass is 10.2. The van der Waals surface area contributed by atoms with Crippen molar-refractivity contribution in [3.05, 3.63) is 29.3 Å². The van der Waals surface area contributed by atoms with Gasteiger partial charge in [-0.05, 0) is 43.4 Å². The van der Waals surface area contributed by atoms with Gasteiger partial charge in [0.05, 0.1) is 16.5 Å². The monoisotopic (exact) mass is 293 g/mol. The molecule has 20 heavy (non-hydrogen) atoms. The summed E-state index contributed by atoms with van der Waals surface area (Å²) in [6, 6.07) is 6.53. The third-order valence-corrected chi connectivity index (χ3v) is 5.87. The SMILES string of the molecule is Cc1ccc(C#N)cc1S(=O)(=O)N(C)C(CN)C1CC1. The summed E-state index contributed by atoms with van der Waals surface area (Å²) in [6.07, 6.45) is 2.05. The molecule has 1 unspecified atom stereocenters. The zero-order valence-corrected chi connectivity index (χ0v) is 12.5. The van der Waals surface area contributed by atoms with Crippen molar-refractivity contribution >= 4 is 10.0 Å². The standard InChI is InChI=1S/C14H19N3O2S/c1-10-3-4-11(8-15)7-14(10)20(18,19)17(2)13(9-16)12-5-6-12/h3-4,7,12-13H,5-6,9,16H2,1-2H3. The van der Waals surface area contributed by atoms with Gasteiger partial charge in [0, 0.05) is 19.6 Å². The number of hydrogen-bond donors (Lipinski definition) is 1. The fourth-order valence-electron chi connectivity index (χ4n) is 2.40. The maximum absolute atomic E-state index is 12.7. The minimum atomic E-state index is -3.62. The Hall–Kier alpha value is -1.42. The zero-order chi connectivity index (χ0) is 14.9. The van der Waals surface area contributed by atoms with Crippen LogP contribution in [0.2, 0.25) is 0 Å². The van der Waals surface area contributed by atoms with Crippen LogP contribution in [0.1, 0.15) is 24.0 Å². The van der Waals surface area contributed by atoms with Crippen LogP contribution in [-0.4, -0.2) is 32.4 Å². The van der Waals surface area contributed by atoms with Gasteiger partial charge >= 0.3 is 0 Å². The second-order valence-electron chi connectivity index (χ2n) is 5.25. The van der Waals surface area contributed by atoms with Crippen LogP contribution in [0, 0.1) is 24.2 Å². The summed E-state index contributed by atoms with van der Waals surface area (Å²) in [6.45, 7) is 2.05. The molecule has 0 radical (unpaired) electrons. The van der Waals surface area contributed by atoms with Crippen molar-refractivity contribution in [3.63, 3.8) is 0 Å². The summed E-state index contributed by atoms with van der Waals surface area (Å²) >= 11 is 0. The van der Waals surface area contributed by atoms with Crippen molar-refractivity contribution in [3.8, 4) is 6.07 Å². The zero-order valence-electron chi connectivity index (χ0n) is 11.7. The van der Waals surface area contributed by atoms with Crippen molar-refractivity contribution in [1.82, 2.24) is 4.31 Å². The third kappa shape index (κ3) is 2.70. The van der Waals surface area contributed by atoms with E-state index in [1.807, 2.05) is 6.07 Å². The minimum absolute atomic E-state index is 0.162. The van der Waals surface area contributed by atoms with Gasteiger partial charge in [0.1, 0.15) is 0 Å². The van der Waals surface area contributed by atoms with Crippen LogP contribution in [0.25, 0.3) is 0 Å². The molecule has 1 aromatic rings. The number of rotatable bonds is 5. The van der Waals surface area contributed by atoms with Gasteiger partial charge in [-0.1, -0.05) is 6.07 Å². The van der Waals surface area contributed by atoms with Gasteiger partial charge in [-0.3, -0.25) is 0 Å². The minimum Gasteiger partial charge on any atom is -0.329 e. The lowest BCUT2D eigenvalue weighted by Crippen LogP contribution is -2.43. The molecule has 0 saturated heterocycles. The van der Waals surface area contributed by atoms with Crippen LogP contribution in [-0.2, 0) is 10.0 Å². The van der Waals surface area contributed by atoms with E-state index in [1.54, 1.807) is 26.1 Å². The smallest absolute Gasteiger partial charge is 0.243 e. The maximum atomic E-state index is 12.7. The Kier molecular flexibility index (Phi) is 4.14. The number of hydrogen-bond acceptors (Lipinski definition) is 4. The highest BCUT2D eigenvalue weighted by Crippen LogP contribution is 2.36. The molecule has 0 bridgehead atoms. The van der Waals surface area contributed by atoms with E-state index in [-0.39, 0.29) is 10.9 Å². The average Bonchev–Trinajstić information content (AvgIpc) is 3.24. The summed E-state index contributed by atoms with van der Waals surface area (Å²) in [4.78, 5) is 0.193. The summed E-state index contributed by atoms with van der Waals surface area (Å²) < 4.78 is 26.8. The molecule has 0 spiro atoms. The molecule has 0 aromatic heterocycles. The molecule has 0 heterocycles. The van der Waals surface area contributed by atoms with E-state index in [0.717, 1.165) is 12.8 Å². The van der Waals surface area contributed by atoms with E-state index >= 15 is 0 Å². The molecule has 108 valence electrons. The molecule has 1 aliphatic rings. The second-order valence-corrected chi connectivity index (χ2v) is 7.22. The Morgan fingerprint density at radius 1 is 1.50 bits per heavy atom. The molecule has 5 nitrogen and oxygen atoms in total. The summed E-state index contributed by atoms with van der Waals surface area (Å²) in [7, 11) is -2.04. The normalized spacial score (nSPS) is 16.9. The maximum Gasteiger partial charge on any atom is 0.243 e. The highest BCUT2D eigenvalue weighted by Gasteiger charge is 2.38. The lowest BCUT2D eigenvalue weighted by Gasteiger charge is -2.27. The van der Waals surface area contributed by atoms with Crippen LogP contribution in [0.3, 0.4) is 0 Å². The van der Waals surface area contributed by atoms with E-state index in [1.165, 1.54) is 10.4 Å². The topological polar surface area (TPSA) is 87.2 Å². The largest absolute Gasteiger partial charge is 0.329 e. The van der Waals surface area contributed by atoms with E-state index in [2.05, 4.69) is 0 Å². The van der Waals surface area contributed by atoms with Gasteiger partial charge in [0.2, 0.25) is 10.0 Å². The van der Waals surface area contributed by atoms with Gasteiger partial charge in [0.15, 0.2) is 0 Å². The highest BCUT2D eigenvalue weighted by molar-refractivity contribution is 7.89. The Balaban J connectivity index is 2.41. The highest BCUT2D eigenvalue weighted by atomic mass is 32.2. The van der Waals surface area contributed by atoms with Gasteiger partial charge in [-0.25, -0.2) is 8.42 Å². The predicted octanol–water partition coefficient (Wildman–Crippen LogP) is 1.22. The van der Waals surface area contributed by atoms with Gasteiger partial charge in [0.25, 0.3) is 0 Å². The molecule has 1 atom stereocenters. The van der Waals surface area contributed by atoms with Gasteiger partial charge in [-0.15, -0.1) is 0 Å². The first-order valence-electron chi connectivity index (χ1n) is 6.60. The third-order valence-electron chi connectivity index (χ3n) is 3.85.